The van der Waals surface area contributed by atoms with Crippen LogP contribution in [-0.4, -0.2) is 25.6 Å². The molecule has 3 aromatic carbocycles. The highest BCUT2D eigenvalue weighted by Gasteiger charge is 2.26. The number of fused-ring (bicyclic) bond motifs is 2. The summed E-state index contributed by atoms with van der Waals surface area (Å²) >= 11 is 0. The Hall–Kier alpha value is -3.80. The highest BCUT2D eigenvalue weighted by atomic mass is 16.5. The van der Waals surface area contributed by atoms with Gasteiger partial charge in [0, 0.05) is 0 Å². The molecule has 6 nitrogen and oxygen atoms in total. The molecular formula is C24H22N2O4. The lowest BCUT2D eigenvalue weighted by molar-refractivity contribution is -0.120. The summed E-state index contributed by atoms with van der Waals surface area (Å²) in [7, 11) is 1.50. The van der Waals surface area contributed by atoms with E-state index in [2.05, 4.69) is 0 Å². The summed E-state index contributed by atoms with van der Waals surface area (Å²) in [6, 6.07) is 20.2. The van der Waals surface area contributed by atoms with Crippen molar-refractivity contribution < 1.29 is 19.1 Å². The molecular weight excluding hydrogens is 380 g/mol. The van der Waals surface area contributed by atoms with Crippen LogP contribution in [0.15, 0.2) is 66.7 Å². The molecule has 1 aliphatic heterocycles. The lowest BCUT2D eigenvalue weighted by Crippen LogP contribution is -2.31. The number of benzene rings is 3. The van der Waals surface area contributed by atoms with E-state index in [-0.39, 0.29) is 18.1 Å². The van der Waals surface area contributed by atoms with Gasteiger partial charge in [-0.25, -0.2) is 4.79 Å². The molecule has 0 saturated carbocycles. The average molecular weight is 402 g/mol. The minimum absolute atomic E-state index is 0.262. The third kappa shape index (κ3) is 3.72. The quantitative estimate of drug-likeness (QED) is 0.529. The second-order valence-corrected chi connectivity index (χ2v) is 7.02. The Morgan fingerprint density at radius 3 is 2.10 bits per heavy atom. The van der Waals surface area contributed by atoms with Crippen molar-refractivity contribution in [2.45, 2.75) is 12.8 Å². The number of hydrogen-bond acceptors (Lipinski definition) is 5. The second-order valence-electron chi connectivity index (χ2n) is 7.02. The first-order chi connectivity index (χ1) is 14.6. The molecule has 1 heterocycles. The van der Waals surface area contributed by atoms with Crippen LogP contribution in [0.25, 0.3) is 0 Å². The van der Waals surface area contributed by atoms with E-state index in [4.69, 9.17) is 15.2 Å². The van der Waals surface area contributed by atoms with Crippen LogP contribution in [0.3, 0.4) is 0 Å². The summed E-state index contributed by atoms with van der Waals surface area (Å²) in [4.78, 5) is 27.3. The van der Waals surface area contributed by atoms with Crippen LogP contribution in [-0.2, 0) is 22.4 Å². The normalized spacial score (nSPS) is 12.4. The third-order valence-corrected chi connectivity index (χ3v) is 5.17. The molecule has 4 rings (SSSR count). The number of hydrogen-bond donors (Lipinski definition) is 1. The molecule has 1 aliphatic rings. The van der Waals surface area contributed by atoms with E-state index in [1.165, 1.54) is 13.2 Å². The van der Waals surface area contributed by atoms with E-state index in [1.54, 1.807) is 17.0 Å². The number of nitrogens with zero attached hydrogens (tertiary/aromatic N) is 1. The first-order valence-electron chi connectivity index (χ1n) is 9.68. The molecule has 1 amide bonds. The maximum absolute atomic E-state index is 13.2. The molecule has 0 radical (unpaired) electrons. The van der Waals surface area contributed by atoms with Gasteiger partial charge in [-0.05, 0) is 54.3 Å². The molecule has 0 spiro atoms. The predicted molar refractivity (Wildman–Crippen MR) is 115 cm³/mol. The topological polar surface area (TPSA) is 81.9 Å². The van der Waals surface area contributed by atoms with Crippen LogP contribution in [0, 0.1) is 0 Å². The summed E-state index contributed by atoms with van der Waals surface area (Å²) in [6.07, 6.45) is 1.67. The van der Waals surface area contributed by atoms with Gasteiger partial charge in [-0.1, -0.05) is 36.4 Å². The molecule has 30 heavy (non-hydrogen) atoms. The predicted octanol–water partition coefficient (Wildman–Crippen LogP) is 3.90. The maximum Gasteiger partial charge on any atom is 0.338 e. The highest BCUT2D eigenvalue weighted by Crippen LogP contribution is 2.36. The van der Waals surface area contributed by atoms with Crippen LogP contribution in [0.5, 0.6) is 5.75 Å². The van der Waals surface area contributed by atoms with Gasteiger partial charge in [0.25, 0.3) is 5.91 Å². The largest absolute Gasteiger partial charge is 0.495 e. The molecule has 3 aromatic rings. The zero-order valence-corrected chi connectivity index (χ0v) is 16.6. The Morgan fingerprint density at radius 2 is 1.53 bits per heavy atom. The van der Waals surface area contributed by atoms with Gasteiger partial charge >= 0.3 is 5.97 Å². The van der Waals surface area contributed by atoms with E-state index >= 15 is 0 Å². The van der Waals surface area contributed by atoms with Gasteiger partial charge in [-0.2, -0.15) is 0 Å². The number of rotatable bonds is 4. The number of carbonyl (C=O) groups excluding carboxylic acids is 2. The first kappa shape index (κ1) is 19.5. The Labute approximate surface area is 174 Å². The van der Waals surface area contributed by atoms with Gasteiger partial charge in [0.1, 0.15) is 5.75 Å². The number of nitrogens with two attached hydrogens (primary N) is 1. The Balaban J connectivity index is 1.57. The number of anilines is 3. The van der Waals surface area contributed by atoms with E-state index < -0.39 is 5.97 Å². The fourth-order valence-electron chi connectivity index (χ4n) is 3.69. The second kappa shape index (κ2) is 8.29. The highest BCUT2D eigenvalue weighted by molar-refractivity contribution is 6.04. The van der Waals surface area contributed by atoms with Crippen molar-refractivity contribution in [2.75, 3.05) is 24.4 Å². The molecule has 2 N–H and O–H groups in total. The number of aryl methyl sites for hydroxylation is 2. The number of carbonyl (C=O) groups is 2. The zero-order valence-electron chi connectivity index (χ0n) is 16.6. The SMILES string of the molecule is COc1ccc(C(=O)OCC(=O)N2c3ccccc3CCc3ccccc32)cc1N. The van der Waals surface area contributed by atoms with Crippen molar-refractivity contribution in [1.82, 2.24) is 0 Å². The molecule has 152 valence electrons. The number of esters is 1. The van der Waals surface area contributed by atoms with E-state index in [9.17, 15) is 9.59 Å². The van der Waals surface area contributed by atoms with Gasteiger partial charge in [-0.15, -0.1) is 0 Å². The van der Waals surface area contributed by atoms with Gasteiger partial charge in [-0.3, -0.25) is 9.69 Å². The number of amides is 1. The molecule has 6 heteroatoms. The van der Waals surface area contributed by atoms with Crippen molar-refractivity contribution in [2.24, 2.45) is 0 Å². The molecule has 0 aliphatic carbocycles. The molecule has 0 saturated heterocycles. The fourth-order valence-corrected chi connectivity index (χ4v) is 3.69. The minimum Gasteiger partial charge on any atom is -0.495 e. The molecule has 0 atom stereocenters. The maximum atomic E-state index is 13.2. The average Bonchev–Trinajstić information content (AvgIpc) is 2.94. The van der Waals surface area contributed by atoms with E-state index in [0.29, 0.717) is 11.4 Å². The number of methoxy groups -OCH3 is 1. The molecule has 0 bridgehead atoms. The molecule has 0 aromatic heterocycles. The standard InChI is InChI=1S/C24H22N2O4/c1-29-22-13-12-18(14-19(22)25)24(28)30-15-23(27)26-20-8-4-2-6-16(20)10-11-17-7-3-5-9-21(17)26/h2-9,12-14H,10-11,15,25H2,1H3. The van der Waals surface area contributed by atoms with Crippen molar-refractivity contribution in [1.29, 1.82) is 0 Å². The smallest absolute Gasteiger partial charge is 0.338 e. The Morgan fingerprint density at radius 1 is 0.933 bits per heavy atom. The van der Waals surface area contributed by atoms with E-state index in [0.717, 1.165) is 35.3 Å². The summed E-state index contributed by atoms with van der Waals surface area (Å²) in [5, 5.41) is 0. The minimum atomic E-state index is -0.617. The van der Waals surface area contributed by atoms with Crippen LogP contribution >= 0.6 is 0 Å². The fraction of sp³-hybridized carbons (Fsp3) is 0.167. The third-order valence-electron chi connectivity index (χ3n) is 5.17. The van der Waals surface area contributed by atoms with Gasteiger partial charge in [0.2, 0.25) is 0 Å². The van der Waals surface area contributed by atoms with Crippen LogP contribution in [0.2, 0.25) is 0 Å². The Bertz CT molecular complexity index is 1060. The molecule has 0 unspecified atom stereocenters. The monoisotopic (exact) mass is 402 g/mol. The summed E-state index contributed by atoms with van der Waals surface area (Å²) in [5.74, 6) is -0.457. The van der Waals surface area contributed by atoms with Gasteiger partial charge < -0.3 is 15.2 Å². The summed E-state index contributed by atoms with van der Waals surface area (Å²) in [6.45, 7) is -0.382. The first-order valence-corrected chi connectivity index (χ1v) is 9.68. The summed E-state index contributed by atoms with van der Waals surface area (Å²) < 4.78 is 10.4. The van der Waals surface area contributed by atoms with Gasteiger partial charge in [0.05, 0.1) is 29.7 Å². The van der Waals surface area contributed by atoms with Crippen LogP contribution in [0.4, 0.5) is 17.1 Å². The lowest BCUT2D eigenvalue weighted by atomic mass is 10.0. The zero-order chi connectivity index (χ0) is 21.1. The number of nitrogen functional groups attached to an aromatic ring is 1. The lowest BCUT2D eigenvalue weighted by Gasteiger charge is -2.24. The van der Waals surface area contributed by atoms with Crippen molar-refractivity contribution in [3.63, 3.8) is 0 Å². The van der Waals surface area contributed by atoms with Gasteiger partial charge in [0.15, 0.2) is 6.61 Å². The number of ether oxygens (including phenoxy) is 2. The van der Waals surface area contributed by atoms with Crippen LogP contribution in [0.1, 0.15) is 21.5 Å². The van der Waals surface area contributed by atoms with Crippen LogP contribution < -0.4 is 15.4 Å². The Kier molecular flexibility index (Phi) is 5.39. The van der Waals surface area contributed by atoms with E-state index in [1.807, 2.05) is 48.5 Å². The van der Waals surface area contributed by atoms with Crippen molar-refractivity contribution >= 4 is 28.9 Å². The summed E-state index contributed by atoms with van der Waals surface area (Å²) in [5.41, 5.74) is 10.2. The molecule has 0 fully saturated rings. The number of para-hydroxylation sites is 2. The van der Waals surface area contributed by atoms with Crippen molar-refractivity contribution in [3.05, 3.63) is 83.4 Å². The van der Waals surface area contributed by atoms with Crippen molar-refractivity contribution in [3.8, 4) is 5.75 Å².